The average Bonchev–Trinajstić information content (AvgIpc) is 3.53. The average molecular weight is 542 g/mol. The third-order valence-electron chi connectivity index (χ3n) is 5.18. The number of anilines is 1. The topological polar surface area (TPSA) is 121 Å². The maximum absolute atomic E-state index is 14.5. The molecule has 0 aliphatic heterocycles. The van der Waals surface area contributed by atoms with Crippen molar-refractivity contribution in [3.05, 3.63) is 47.4 Å². The van der Waals surface area contributed by atoms with Gasteiger partial charge in [0, 0.05) is 51.3 Å². The minimum absolute atomic E-state index is 0.00331. The Hall–Kier alpha value is -2.83. The minimum Gasteiger partial charge on any atom is -0.474 e. The second-order valence-corrected chi connectivity index (χ2v) is 9.05. The van der Waals surface area contributed by atoms with Gasteiger partial charge in [-0.2, -0.15) is 0 Å². The first-order valence-electron chi connectivity index (χ1n) is 11.7. The van der Waals surface area contributed by atoms with Gasteiger partial charge in [-0.1, -0.05) is 32.5 Å². The summed E-state index contributed by atoms with van der Waals surface area (Å²) in [6.07, 6.45) is 2.42. The van der Waals surface area contributed by atoms with E-state index in [4.69, 9.17) is 15.2 Å². The number of amidine groups is 1. The van der Waals surface area contributed by atoms with Crippen LogP contribution >= 0.6 is 11.8 Å². The minimum atomic E-state index is -1.04. The van der Waals surface area contributed by atoms with Crippen LogP contribution in [-0.2, 0) is 9.47 Å². The van der Waals surface area contributed by atoms with Crippen LogP contribution in [0.5, 0.6) is 5.88 Å². The highest BCUT2D eigenvalue weighted by Crippen LogP contribution is 2.55. The van der Waals surface area contributed by atoms with Crippen molar-refractivity contribution in [2.45, 2.75) is 45.0 Å². The normalized spacial score (nSPS) is 19.0. The van der Waals surface area contributed by atoms with Crippen LogP contribution in [0.4, 0.5) is 14.5 Å². The molecule has 2 aromatic rings. The quantitative estimate of drug-likeness (QED) is 0.370. The lowest BCUT2D eigenvalue weighted by Gasteiger charge is -2.11. The number of hydrogen-bond acceptors (Lipinski definition) is 8. The van der Waals surface area contributed by atoms with E-state index in [2.05, 4.69) is 25.0 Å². The highest BCUT2D eigenvalue weighted by Gasteiger charge is 2.50. The molecule has 0 radical (unpaired) electrons. The first-order valence-corrected chi connectivity index (χ1v) is 12.6. The van der Waals surface area contributed by atoms with Crippen LogP contribution in [0.15, 0.2) is 29.5 Å². The number of thioether (sulfide) groups is 1. The maximum Gasteiger partial charge on any atom is 0.275 e. The lowest BCUT2D eigenvalue weighted by molar-refractivity contribution is 0.0697. The van der Waals surface area contributed by atoms with Crippen molar-refractivity contribution < 1.29 is 27.8 Å². The van der Waals surface area contributed by atoms with Gasteiger partial charge in [0.25, 0.3) is 5.91 Å². The molecular weight excluding hydrogens is 504 g/mol. The summed E-state index contributed by atoms with van der Waals surface area (Å²) in [6, 6.07) is 2.37. The highest BCUT2D eigenvalue weighted by molar-refractivity contribution is 8.14. The van der Waals surface area contributed by atoms with E-state index in [1.807, 2.05) is 27.7 Å². The molecule has 12 heteroatoms. The number of benzene rings is 1. The molecular formula is C25H37F2N5O4S. The standard InChI is InChI=1S/C21H25F2N5O3S.C2H6O.C2H6/c1-10(30-4)9-31-16-8-26-15(7-27-16)20(29)28-12-5-13(18(23)14(22)6-12)17-11(2)19(17)32-21(24)25-3;1-3-2;1-2/h5-8,10-11,17,19H,9H2,1-4H3,(H2,24,25)(H,28,29);1-2H3;1-2H3/t10?,11-,17?,19?;;/m0../s1. The molecule has 9 nitrogen and oxygen atoms in total. The van der Waals surface area contributed by atoms with Gasteiger partial charge in [-0.15, -0.1) is 0 Å². The predicted molar refractivity (Wildman–Crippen MR) is 143 cm³/mol. The molecule has 1 amide bonds. The Labute approximate surface area is 221 Å². The number of halogens is 2. The molecule has 1 heterocycles. The molecule has 3 unspecified atom stereocenters. The zero-order valence-corrected chi connectivity index (χ0v) is 23.4. The fourth-order valence-corrected chi connectivity index (χ4v) is 4.38. The Balaban J connectivity index is 0.00000127. The lowest BCUT2D eigenvalue weighted by Crippen LogP contribution is -2.17. The number of aromatic nitrogens is 2. The van der Waals surface area contributed by atoms with Gasteiger partial charge in [-0.25, -0.2) is 18.7 Å². The van der Waals surface area contributed by atoms with Crippen molar-refractivity contribution >= 4 is 28.5 Å². The Morgan fingerprint density at radius 2 is 1.86 bits per heavy atom. The predicted octanol–water partition coefficient (Wildman–Crippen LogP) is 4.49. The van der Waals surface area contributed by atoms with Crippen molar-refractivity contribution in [1.29, 1.82) is 0 Å². The van der Waals surface area contributed by atoms with Crippen molar-refractivity contribution in [3.63, 3.8) is 0 Å². The molecule has 4 atom stereocenters. The summed E-state index contributed by atoms with van der Waals surface area (Å²) < 4.78 is 43.5. The number of rotatable bonds is 8. The van der Waals surface area contributed by atoms with Crippen LogP contribution in [0.25, 0.3) is 0 Å². The molecule has 206 valence electrons. The Bertz CT molecular complexity index is 1030. The molecule has 1 aliphatic rings. The summed E-state index contributed by atoms with van der Waals surface area (Å²) in [5, 5.41) is 2.92. The fourth-order valence-electron chi connectivity index (χ4n) is 3.16. The summed E-state index contributed by atoms with van der Waals surface area (Å²) in [5.41, 5.74) is 6.08. The van der Waals surface area contributed by atoms with Crippen LogP contribution in [0, 0.1) is 17.6 Å². The molecule has 1 aliphatic carbocycles. The van der Waals surface area contributed by atoms with Crippen LogP contribution in [-0.4, -0.2) is 67.4 Å². The summed E-state index contributed by atoms with van der Waals surface area (Å²) in [6.45, 7) is 8.05. The lowest BCUT2D eigenvalue weighted by atomic mass is 10.1. The molecule has 3 rings (SSSR count). The number of amides is 1. The number of ether oxygens (including phenoxy) is 3. The van der Waals surface area contributed by atoms with Gasteiger partial charge in [0.15, 0.2) is 16.8 Å². The van der Waals surface area contributed by atoms with Gasteiger partial charge in [0.2, 0.25) is 5.88 Å². The number of hydrogen-bond donors (Lipinski definition) is 2. The molecule has 3 N–H and O–H groups in total. The van der Waals surface area contributed by atoms with Crippen molar-refractivity contribution in [2.24, 2.45) is 16.6 Å². The van der Waals surface area contributed by atoms with Gasteiger partial charge < -0.3 is 25.3 Å². The molecule has 0 saturated heterocycles. The molecule has 1 saturated carbocycles. The molecule has 1 aromatic carbocycles. The second kappa shape index (κ2) is 16.1. The van der Waals surface area contributed by atoms with Gasteiger partial charge in [0.05, 0.1) is 18.5 Å². The molecule has 0 bridgehead atoms. The second-order valence-electron chi connectivity index (χ2n) is 7.85. The fraction of sp³-hybridized carbons (Fsp3) is 0.520. The van der Waals surface area contributed by atoms with E-state index in [1.54, 1.807) is 28.4 Å². The Morgan fingerprint density at radius 3 is 2.41 bits per heavy atom. The summed E-state index contributed by atoms with van der Waals surface area (Å²) in [4.78, 5) is 24.5. The van der Waals surface area contributed by atoms with E-state index in [0.717, 1.165) is 6.07 Å². The zero-order valence-electron chi connectivity index (χ0n) is 22.5. The SMILES string of the molecule is CC.CN=C(N)SC1C(c2cc(NC(=O)c3cnc(OCC(C)OC)cn3)cc(F)c2F)[C@@H]1C.COC. The number of methoxy groups -OCH3 is 2. The van der Waals surface area contributed by atoms with E-state index >= 15 is 0 Å². The zero-order chi connectivity index (χ0) is 28.1. The monoisotopic (exact) mass is 541 g/mol. The highest BCUT2D eigenvalue weighted by atomic mass is 32.2. The molecule has 1 fully saturated rings. The summed E-state index contributed by atoms with van der Waals surface area (Å²) >= 11 is 1.33. The van der Waals surface area contributed by atoms with Gasteiger partial charge in [0.1, 0.15) is 12.3 Å². The van der Waals surface area contributed by atoms with Crippen molar-refractivity contribution in [2.75, 3.05) is 40.3 Å². The van der Waals surface area contributed by atoms with Crippen LogP contribution in [0.1, 0.15) is 49.7 Å². The van der Waals surface area contributed by atoms with Gasteiger partial charge in [-0.05, 0) is 24.5 Å². The van der Waals surface area contributed by atoms with E-state index in [0.29, 0.717) is 5.17 Å². The van der Waals surface area contributed by atoms with E-state index in [-0.39, 0.29) is 52.6 Å². The van der Waals surface area contributed by atoms with Crippen molar-refractivity contribution in [3.8, 4) is 5.88 Å². The third-order valence-corrected chi connectivity index (χ3v) is 6.60. The van der Waals surface area contributed by atoms with E-state index in [1.165, 1.54) is 30.2 Å². The largest absolute Gasteiger partial charge is 0.474 e. The van der Waals surface area contributed by atoms with Crippen LogP contribution in [0.2, 0.25) is 0 Å². The van der Waals surface area contributed by atoms with Crippen molar-refractivity contribution in [1.82, 2.24) is 9.97 Å². The van der Waals surface area contributed by atoms with E-state index < -0.39 is 17.5 Å². The van der Waals surface area contributed by atoms with Crippen LogP contribution < -0.4 is 15.8 Å². The van der Waals surface area contributed by atoms with Gasteiger partial charge >= 0.3 is 0 Å². The van der Waals surface area contributed by atoms with Crippen LogP contribution in [0.3, 0.4) is 0 Å². The number of nitrogens with zero attached hydrogens (tertiary/aromatic N) is 3. The summed E-state index contributed by atoms with van der Waals surface area (Å²) in [7, 11) is 6.39. The van der Waals surface area contributed by atoms with Gasteiger partial charge in [-0.3, -0.25) is 9.79 Å². The number of aliphatic imine (C=N–C) groups is 1. The smallest absolute Gasteiger partial charge is 0.275 e. The molecule has 1 aromatic heterocycles. The number of carbonyl (C=O) groups excluding carboxylic acids is 1. The third kappa shape index (κ3) is 9.52. The Morgan fingerprint density at radius 1 is 1.22 bits per heavy atom. The molecule has 37 heavy (non-hydrogen) atoms. The Kier molecular flexibility index (Phi) is 14.0. The number of carbonyl (C=O) groups is 1. The first kappa shape index (κ1) is 32.2. The number of nitrogens with two attached hydrogens (primary N) is 1. The first-order chi connectivity index (χ1) is 17.7. The number of nitrogens with one attached hydrogen (secondary N) is 1. The van der Waals surface area contributed by atoms with E-state index in [9.17, 15) is 13.6 Å². The maximum atomic E-state index is 14.5. The summed E-state index contributed by atoms with van der Waals surface area (Å²) in [5.74, 6) is -2.50. The molecule has 0 spiro atoms.